The number of carbonyl (C=O) groups excluding carboxylic acids is 1. The molecule has 8 nitrogen and oxygen atoms in total. The lowest BCUT2D eigenvalue weighted by molar-refractivity contribution is 0.0746. The van der Waals surface area contributed by atoms with Crippen molar-refractivity contribution in [3.8, 4) is 23.1 Å². The van der Waals surface area contributed by atoms with E-state index in [0.29, 0.717) is 54.9 Å². The van der Waals surface area contributed by atoms with Gasteiger partial charge in [0.2, 0.25) is 12.7 Å². The Morgan fingerprint density at radius 3 is 2.44 bits per heavy atom. The van der Waals surface area contributed by atoms with Gasteiger partial charge in [-0.2, -0.15) is 4.98 Å². The van der Waals surface area contributed by atoms with Gasteiger partial charge < -0.3 is 24.0 Å². The van der Waals surface area contributed by atoms with Gasteiger partial charge in [-0.3, -0.25) is 4.79 Å². The molecule has 0 unspecified atom stereocenters. The molecule has 2 aliphatic rings. The summed E-state index contributed by atoms with van der Waals surface area (Å²) in [5.74, 6) is 3.97. The number of anilines is 1. The molecule has 5 rings (SSSR count). The van der Waals surface area contributed by atoms with Crippen LogP contribution in [-0.2, 0) is 0 Å². The van der Waals surface area contributed by atoms with E-state index < -0.39 is 0 Å². The maximum Gasteiger partial charge on any atom is 0.254 e. The normalized spacial score (nSPS) is 15.1. The number of amides is 1. The van der Waals surface area contributed by atoms with E-state index in [0.717, 1.165) is 11.6 Å². The number of carbonyl (C=O) groups is 1. The Kier molecular flexibility index (Phi) is 5.26. The molecule has 3 aromatic rings. The second kappa shape index (κ2) is 8.37. The third kappa shape index (κ3) is 4.16. The summed E-state index contributed by atoms with van der Waals surface area (Å²) in [5.41, 5.74) is 1.78. The van der Waals surface area contributed by atoms with Crippen molar-refractivity contribution in [1.82, 2.24) is 14.9 Å². The highest BCUT2D eigenvalue weighted by Gasteiger charge is 2.25. The lowest BCUT2D eigenvalue weighted by atomic mass is 10.1. The minimum Gasteiger partial charge on any atom is -0.454 e. The first-order chi connectivity index (χ1) is 15.5. The van der Waals surface area contributed by atoms with Crippen LogP contribution in [0.2, 0.25) is 0 Å². The van der Waals surface area contributed by atoms with Gasteiger partial charge in [0, 0.05) is 37.8 Å². The van der Waals surface area contributed by atoms with E-state index in [1.165, 1.54) is 5.56 Å². The minimum absolute atomic E-state index is 0.00906. The monoisotopic (exact) mass is 432 g/mol. The number of piperazine rings is 1. The first kappa shape index (κ1) is 20.1. The molecule has 2 aliphatic heterocycles. The molecule has 1 aromatic heterocycles. The van der Waals surface area contributed by atoms with Gasteiger partial charge in [-0.15, -0.1) is 0 Å². The van der Waals surface area contributed by atoms with Crippen LogP contribution in [-0.4, -0.2) is 53.7 Å². The number of hydrogen-bond acceptors (Lipinski definition) is 7. The van der Waals surface area contributed by atoms with E-state index in [1.807, 2.05) is 49.1 Å². The van der Waals surface area contributed by atoms with E-state index in [4.69, 9.17) is 14.2 Å². The Bertz CT molecular complexity index is 1140. The fraction of sp³-hybridized carbons (Fsp3) is 0.292. The van der Waals surface area contributed by atoms with E-state index in [-0.39, 0.29) is 12.7 Å². The predicted molar refractivity (Wildman–Crippen MR) is 119 cm³/mol. The Balaban J connectivity index is 1.25. The predicted octanol–water partition coefficient (Wildman–Crippen LogP) is 3.58. The Labute approximate surface area is 186 Å². The van der Waals surface area contributed by atoms with E-state index in [1.54, 1.807) is 18.2 Å². The third-order valence-corrected chi connectivity index (χ3v) is 5.55. The Hall–Kier alpha value is -3.81. The number of fused-ring (bicyclic) bond motifs is 1. The van der Waals surface area contributed by atoms with Crippen LogP contribution < -0.4 is 19.1 Å². The van der Waals surface area contributed by atoms with Crippen LogP contribution in [0.15, 0.2) is 48.5 Å². The van der Waals surface area contributed by atoms with E-state index in [9.17, 15) is 4.79 Å². The minimum atomic E-state index is -0.00906. The molecular formula is C24H24N4O4. The maximum absolute atomic E-state index is 12.9. The van der Waals surface area contributed by atoms with E-state index in [2.05, 4.69) is 14.9 Å². The molecule has 1 amide bonds. The quantitative estimate of drug-likeness (QED) is 0.624. The SMILES string of the molecule is Cc1ccc(Oc2cc(N3CCN(C(=O)c4ccc5c(c4)OCO5)CC3)nc(C)n2)cc1. The average Bonchev–Trinajstić information content (AvgIpc) is 3.28. The highest BCUT2D eigenvalue weighted by Crippen LogP contribution is 2.33. The summed E-state index contributed by atoms with van der Waals surface area (Å²) in [6, 6.07) is 15.0. The molecule has 2 aromatic carbocycles. The van der Waals surface area contributed by atoms with Gasteiger partial charge in [0.25, 0.3) is 5.91 Å². The molecule has 8 heteroatoms. The summed E-state index contributed by atoms with van der Waals surface area (Å²) < 4.78 is 16.7. The number of hydrogen-bond donors (Lipinski definition) is 0. The molecule has 32 heavy (non-hydrogen) atoms. The average molecular weight is 432 g/mol. The highest BCUT2D eigenvalue weighted by molar-refractivity contribution is 5.95. The molecule has 0 radical (unpaired) electrons. The topological polar surface area (TPSA) is 77.0 Å². The largest absolute Gasteiger partial charge is 0.454 e. The van der Waals surface area contributed by atoms with Crippen molar-refractivity contribution in [2.45, 2.75) is 13.8 Å². The van der Waals surface area contributed by atoms with Gasteiger partial charge in [-0.25, -0.2) is 4.98 Å². The van der Waals surface area contributed by atoms with Crippen LogP contribution >= 0.6 is 0 Å². The smallest absolute Gasteiger partial charge is 0.254 e. The lowest BCUT2D eigenvalue weighted by Gasteiger charge is -2.35. The van der Waals surface area contributed by atoms with Crippen molar-refractivity contribution in [1.29, 1.82) is 0 Å². The molecule has 1 saturated heterocycles. The Morgan fingerprint density at radius 2 is 1.66 bits per heavy atom. The third-order valence-electron chi connectivity index (χ3n) is 5.55. The zero-order valence-electron chi connectivity index (χ0n) is 18.1. The van der Waals surface area contributed by atoms with Gasteiger partial charge in [0.1, 0.15) is 17.4 Å². The number of aryl methyl sites for hydroxylation is 2. The number of rotatable bonds is 4. The van der Waals surface area contributed by atoms with Gasteiger partial charge in [0.05, 0.1) is 0 Å². The first-order valence-electron chi connectivity index (χ1n) is 10.6. The van der Waals surface area contributed by atoms with Crippen LogP contribution in [0.1, 0.15) is 21.7 Å². The van der Waals surface area contributed by atoms with Gasteiger partial charge in [-0.05, 0) is 44.2 Å². The molecular weight excluding hydrogens is 408 g/mol. The van der Waals surface area contributed by atoms with E-state index >= 15 is 0 Å². The van der Waals surface area contributed by atoms with Crippen LogP contribution in [0.25, 0.3) is 0 Å². The fourth-order valence-corrected chi connectivity index (χ4v) is 3.82. The van der Waals surface area contributed by atoms with Crippen molar-refractivity contribution in [3.05, 3.63) is 65.5 Å². The molecule has 0 N–H and O–H groups in total. The number of aromatic nitrogens is 2. The summed E-state index contributed by atoms with van der Waals surface area (Å²) >= 11 is 0. The van der Waals surface area contributed by atoms with Crippen molar-refractivity contribution < 1.29 is 19.0 Å². The van der Waals surface area contributed by atoms with Gasteiger partial charge in [0.15, 0.2) is 11.5 Å². The molecule has 164 valence electrons. The standard InChI is InChI=1S/C24H24N4O4/c1-16-3-6-19(7-4-16)32-23-14-22(25-17(2)26-23)27-9-11-28(12-10-27)24(29)18-5-8-20-21(13-18)31-15-30-20/h3-8,13-14H,9-12,15H2,1-2H3. The summed E-state index contributed by atoms with van der Waals surface area (Å²) in [6.45, 7) is 6.64. The number of benzene rings is 2. The second-order valence-electron chi connectivity index (χ2n) is 7.87. The van der Waals surface area contributed by atoms with Crippen molar-refractivity contribution in [2.75, 3.05) is 37.9 Å². The molecule has 0 bridgehead atoms. The zero-order chi connectivity index (χ0) is 22.1. The van der Waals surface area contributed by atoms with Crippen molar-refractivity contribution >= 4 is 11.7 Å². The summed E-state index contributed by atoms with van der Waals surface area (Å²) in [7, 11) is 0. The fourth-order valence-electron chi connectivity index (χ4n) is 3.82. The Morgan fingerprint density at radius 1 is 0.906 bits per heavy atom. The lowest BCUT2D eigenvalue weighted by Crippen LogP contribution is -2.49. The maximum atomic E-state index is 12.9. The molecule has 3 heterocycles. The molecule has 0 spiro atoms. The molecule has 1 fully saturated rings. The molecule has 0 aliphatic carbocycles. The summed E-state index contributed by atoms with van der Waals surface area (Å²) in [4.78, 5) is 25.9. The molecule has 0 saturated carbocycles. The molecule has 0 atom stereocenters. The van der Waals surface area contributed by atoms with Crippen LogP contribution in [0.3, 0.4) is 0 Å². The van der Waals surface area contributed by atoms with Crippen LogP contribution in [0.5, 0.6) is 23.1 Å². The summed E-state index contributed by atoms with van der Waals surface area (Å²) in [6.07, 6.45) is 0. The second-order valence-corrected chi connectivity index (χ2v) is 7.87. The summed E-state index contributed by atoms with van der Waals surface area (Å²) in [5, 5.41) is 0. The number of ether oxygens (including phenoxy) is 3. The zero-order valence-corrected chi connectivity index (χ0v) is 18.1. The van der Waals surface area contributed by atoms with Gasteiger partial charge >= 0.3 is 0 Å². The highest BCUT2D eigenvalue weighted by atomic mass is 16.7. The first-order valence-corrected chi connectivity index (χ1v) is 10.6. The van der Waals surface area contributed by atoms with Crippen molar-refractivity contribution in [2.24, 2.45) is 0 Å². The number of nitrogens with zero attached hydrogens (tertiary/aromatic N) is 4. The van der Waals surface area contributed by atoms with Gasteiger partial charge in [-0.1, -0.05) is 17.7 Å². The van der Waals surface area contributed by atoms with Crippen LogP contribution in [0.4, 0.5) is 5.82 Å². The van der Waals surface area contributed by atoms with Crippen molar-refractivity contribution in [3.63, 3.8) is 0 Å². The van der Waals surface area contributed by atoms with Crippen LogP contribution in [0, 0.1) is 13.8 Å².